The monoisotopic (exact) mass is 308 g/mol. The first-order valence-corrected chi connectivity index (χ1v) is 6.79. The van der Waals surface area contributed by atoms with Gasteiger partial charge in [-0.15, -0.1) is 0 Å². The molecule has 22 heavy (non-hydrogen) atoms. The van der Waals surface area contributed by atoms with E-state index in [2.05, 4.69) is 10.6 Å². The average Bonchev–Trinajstić information content (AvgIpc) is 2.50. The summed E-state index contributed by atoms with van der Waals surface area (Å²) in [4.78, 5) is 34.5. The number of amides is 2. The number of methoxy groups -OCH3 is 1. The minimum atomic E-state index is -0.678. The Kier molecular flexibility index (Phi) is 7.63. The molecule has 1 rings (SSSR count). The van der Waals surface area contributed by atoms with E-state index in [1.807, 2.05) is 13.0 Å². The largest absolute Gasteiger partial charge is 0.454 e. The van der Waals surface area contributed by atoms with Gasteiger partial charge in [0.25, 0.3) is 11.8 Å². The van der Waals surface area contributed by atoms with Gasteiger partial charge in [0.15, 0.2) is 6.61 Å². The molecule has 1 aromatic carbocycles. The van der Waals surface area contributed by atoms with Crippen molar-refractivity contribution >= 4 is 17.8 Å². The van der Waals surface area contributed by atoms with Crippen molar-refractivity contribution in [3.05, 3.63) is 35.4 Å². The Morgan fingerprint density at radius 1 is 1.18 bits per heavy atom. The van der Waals surface area contributed by atoms with Crippen molar-refractivity contribution in [1.29, 1.82) is 0 Å². The smallest absolute Gasteiger partial charge is 0.325 e. The number of hydrogen-bond donors (Lipinski definition) is 2. The van der Waals surface area contributed by atoms with Crippen LogP contribution in [0.15, 0.2) is 24.3 Å². The Hall–Kier alpha value is -2.41. The molecule has 7 heteroatoms. The van der Waals surface area contributed by atoms with E-state index in [1.54, 1.807) is 18.2 Å². The minimum absolute atomic E-state index is 0.294. The summed E-state index contributed by atoms with van der Waals surface area (Å²) in [5, 5.41) is 4.94. The SMILES string of the molecule is COCCNC(=O)COC(=O)CNC(=O)c1cccc(C)c1. The third-order valence-corrected chi connectivity index (χ3v) is 2.67. The van der Waals surface area contributed by atoms with Crippen molar-refractivity contribution in [3.63, 3.8) is 0 Å². The highest BCUT2D eigenvalue weighted by atomic mass is 16.5. The maximum atomic E-state index is 11.8. The highest BCUT2D eigenvalue weighted by Crippen LogP contribution is 2.03. The van der Waals surface area contributed by atoms with E-state index < -0.39 is 11.9 Å². The third-order valence-electron chi connectivity index (χ3n) is 2.67. The molecule has 0 aliphatic rings. The van der Waals surface area contributed by atoms with Gasteiger partial charge in [-0.3, -0.25) is 14.4 Å². The van der Waals surface area contributed by atoms with E-state index in [-0.39, 0.29) is 19.1 Å². The average molecular weight is 308 g/mol. The fraction of sp³-hybridized carbons (Fsp3) is 0.400. The third kappa shape index (κ3) is 6.85. The molecule has 0 aliphatic carbocycles. The van der Waals surface area contributed by atoms with Gasteiger partial charge in [-0.1, -0.05) is 17.7 Å². The molecule has 0 radical (unpaired) electrons. The summed E-state index contributed by atoms with van der Waals surface area (Å²) in [7, 11) is 1.52. The van der Waals surface area contributed by atoms with Gasteiger partial charge in [-0.05, 0) is 19.1 Å². The maximum Gasteiger partial charge on any atom is 0.325 e. The first kappa shape index (κ1) is 17.6. The summed E-state index contributed by atoms with van der Waals surface area (Å²) < 4.78 is 9.50. The summed E-state index contributed by atoms with van der Waals surface area (Å²) in [6.07, 6.45) is 0. The Bertz CT molecular complexity index is 530. The molecule has 0 aliphatic heterocycles. The van der Waals surface area contributed by atoms with Crippen molar-refractivity contribution < 1.29 is 23.9 Å². The second-order valence-corrected chi connectivity index (χ2v) is 4.56. The number of aryl methyl sites for hydroxylation is 1. The summed E-state index contributed by atoms with van der Waals surface area (Å²) in [6.45, 7) is 1.91. The van der Waals surface area contributed by atoms with Crippen LogP contribution in [0, 0.1) is 6.92 Å². The molecule has 0 aromatic heterocycles. The number of carbonyl (C=O) groups is 3. The van der Waals surface area contributed by atoms with E-state index >= 15 is 0 Å². The van der Waals surface area contributed by atoms with Gasteiger partial charge in [-0.25, -0.2) is 0 Å². The molecule has 120 valence electrons. The molecule has 2 N–H and O–H groups in total. The molecule has 0 saturated carbocycles. The molecular weight excluding hydrogens is 288 g/mol. The van der Waals surface area contributed by atoms with Gasteiger partial charge in [0, 0.05) is 19.2 Å². The minimum Gasteiger partial charge on any atom is -0.454 e. The quantitative estimate of drug-likeness (QED) is 0.522. The van der Waals surface area contributed by atoms with Crippen LogP contribution in [0.5, 0.6) is 0 Å². The molecule has 0 heterocycles. The predicted octanol–water partition coefficient (Wildman–Crippen LogP) is 0.0306. The lowest BCUT2D eigenvalue weighted by atomic mass is 10.1. The first-order chi connectivity index (χ1) is 10.5. The Balaban J connectivity index is 2.25. The Morgan fingerprint density at radius 2 is 1.95 bits per heavy atom. The predicted molar refractivity (Wildman–Crippen MR) is 79.4 cm³/mol. The molecular formula is C15H20N2O5. The fourth-order valence-corrected chi connectivity index (χ4v) is 1.58. The highest BCUT2D eigenvalue weighted by molar-refractivity contribution is 5.96. The lowest BCUT2D eigenvalue weighted by molar-refractivity contribution is -0.147. The summed E-state index contributed by atoms with van der Waals surface area (Å²) in [6, 6.07) is 6.99. The number of ether oxygens (including phenoxy) is 2. The van der Waals surface area contributed by atoms with Crippen LogP contribution in [0.1, 0.15) is 15.9 Å². The van der Waals surface area contributed by atoms with Crippen LogP contribution in [0.2, 0.25) is 0 Å². The van der Waals surface area contributed by atoms with Crippen LogP contribution in [-0.2, 0) is 19.1 Å². The van der Waals surface area contributed by atoms with Gasteiger partial charge in [0.2, 0.25) is 0 Å². The van der Waals surface area contributed by atoms with Crippen molar-refractivity contribution in [2.75, 3.05) is 33.4 Å². The van der Waals surface area contributed by atoms with Crippen molar-refractivity contribution in [1.82, 2.24) is 10.6 Å². The first-order valence-electron chi connectivity index (χ1n) is 6.79. The molecule has 0 bridgehead atoms. The zero-order chi connectivity index (χ0) is 16.4. The lowest BCUT2D eigenvalue weighted by Gasteiger charge is -2.07. The highest BCUT2D eigenvalue weighted by Gasteiger charge is 2.10. The van der Waals surface area contributed by atoms with Crippen molar-refractivity contribution in [3.8, 4) is 0 Å². The Labute approximate surface area is 129 Å². The number of rotatable bonds is 8. The van der Waals surface area contributed by atoms with E-state index in [0.717, 1.165) is 5.56 Å². The normalized spacial score (nSPS) is 9.91. The number of nitrogens with one attached hydrogen (secondary N) is 2. The van der Waals surface area contributed by atoms with Crippen LogP contribution < -0.4 is 10.6 Å². The van der Waals surface area contributed by atoms with E-state index in [0.29, 0.717) is 18.7 Å². The number of benzene rings is 1. The molecule has 0 fully saturated rings. The van der Waals surface area contributed by atoms with Crippen LogP contribution >= 0.6 is 0 Å². The zero-order valence-corrected chi connectivity index (χ0v) is 12.7. The second-order valence-electron chi connectivity index (χ2n) is 4.56. The number of carbonyl (C=O) groups excluding carboxylic acids is 3. The summed E-state index contributed by atoms with van der Waals surface area (Å²) >= 11 is 0. The van der Waals surface area contributed by atoms with Gasteiger partial charge < -0.3 is 20.1 Å². The fourth-order valence-electron chi connectivity index (χ4n) is 1.58. The molecule has 1 aromatic rings. The van der Waals surface area contributed by atoms with E-state index in [1.165, 1.54) is 7.11 Å². The standard InChI is InChI=1S/C15H20N2O5/c1-11-4-3-5-12(8-11)15(20)17-9-14(19)22-10-13(18)16-6-7-21-2/h3-5,8H,6-7,9-10H2,1-2H3,(H,16,18)(H,17,20). The Morgan fingerprint density at radius 3 is 2.64 bits per heavy atom. The summed E-state index contributed by atoms with van der Waals surface area (Å²) in [5.41, 5.74) is 1.41. The molecule has 0 atom stereocenters. The molecule has 0 saturated heterocycles. The molecule has 0 unspecified atom stereocenters. The zero-order valence-electron chi connectivity index (χ0n) is 12.7. The van der Waals surface area contributed by atoms with Crippen LogP contribution in [0.4, 0.5) is 0 Å². The van der Waals surface area contributed by atoms with Crippen LogP contribution in [-0.4, -0.2) is 51.2 Å². The van der Waals surface area contributed by atoms with Crippen molar-refractivity contribution in [2.24, 2.45) is 0 Å². The topological polar surface area (TPSA) is 93.7 Å². The maximum absolute atomic E-state index is 11.8. The van der Waals surface area contributed by atoms with Crippen LogP contribution in [0.25, 0.3) is 0 Å². The number of esters is 1. The van der Waals surface area contributed by atoms with Gasteiger partial charge in [0.1, 0.15) is 6.54 Å². The van der Waals surface area contributed by atoms with Crippen LogP contribution in [0.3, 0.4) is 0 Å². The van der Waals surface area contributed by atoms with Crippen molar-refractivity contribution in [2.45, 2.75) is 6.92 Å². The second kappa shape index (κ2) is 9.51. The molecule has 2 amide bonds. The van der Waals surface area contributed by atoms with Gasteiger partial charge in [0.05, 0.1) is 6.61 Å². The van der Waals surface area contributed by atoms with E-state index in [4.69, 9.17) is 9.47 Å². The van der Waals surface area contributed by atoms with Gasteiger partial charge in [-0.2, -0.15) is 0 Å². The number of hydrogen-bond acceptors (Lipinski definition) is 5. The molecule has 7 nitrogen and oxygen atoms in total. The lowest BCUT2D eigenvalue weighted by Crippen LogP contribution is -2.34. The van der Waals surface area contributed by atoms with Gasteiger partial charge >= 0.3 is 5.97 Å². The molecule has 0 spiro atoms. The summed E-state index contributed by atoms with van der Waals surface area (Å²) in [5.74, 6) is -1.47. The van der Waals surface area contributed by atoms with E-state index in [9.17, 15) is 14.4 Å².